The summed E-state index contributed by atoms with van der Waals surface area (Å²) >= 11 is 0. The molecule has 1 aromatic heterocycles. The number of aromatic nitrogens is 2. The van der Waals surface area contributed by atoms with Gasteiger partial charge in [0, 0.05) is 30.4 Å². The fourth-order valence-electron chi connectivity index (χ4n) is 4.01. The van der Waals surface area contributed by atoms with Crippen molar-refractivity contribution in [1.29, 1.82) is 0 Å². The summed E-state index contributed by atoms with van der Waals surface area (Å²) in [6.07, 6.45) is 9.50. The average Bonchev–Trinajstić information content (AvgIpc) is 3.07. The van der Waals surface area contributed by atoms with E-state index in [0.29, 0.717) is 12.0 Å². The van der Waals surface area contributed by atoms with Crippen molar-refractivity contribution in [3.05, 3.63) is 18.2 Å². The zero-order valence-corrected chi connectivity index (χ0v) is 11.6. The van der Waals surface area contributed by atoms with Crippen molar-refractivity contribution in [2.45, 2.75) is 51.5 Å². The van der Waals surface area contributed by atoms with Crippen LogP contribution in [0.1, 0.15) is 57.2 Å². The topological polar surface area (TPSA) is 29.9 Å². The second kappa shape index (κ2) is 5.04. The van der Waals surface area contributed by atoms with E-state index in [-0.39, 0.29) is 0 Å². The average molecular weight is 247 g/mol. The first-order chi connectivity index (χ1) is 8.81. The lowest BCUT2D eigenvalue weighted by molar-refractivity contribution is 0.322. The lowest BCUT2D eigenvalue weighted by Crippen LogP contribution is -2.19. The molecule has 1 aromatic rings. The van der Waals surface area contributed by atoms with Gasteiger partial charge in [-0.25, -0.2) is 4.98 Å². The molecule has 3 heteroatoms. The van der Waals surface area contributed by atoms with E-state index in [1.54, 1.807) is 0 Å². The summed E-state index contributed by atoms with van der Waals surface area (Å²) in [5, 5.41) is 3.47. The molecule has 18 heavy (non-hydrogen) atoms. The molecule has 1 saturated carbocycles. The molecule has 0 radical (unpaired) electrons. The van der Waals surface area contributed by atoms with Crippen LogP contribution in [0.3, 0.4) is 0 Å². The van der Waals surface area contributed by atoms with Crippen molar-refractivity contribution in [1.82, 2.24) is 14.9 Å². The molecule has 100 valence electrons. The van der Waals surface area contributed by atoms with Crippen LogP contribution in [-0.2, 0) is 0 Å². The van der Waals surface area contributed by atoms with Gasteiger partial charge in [0.2, 0.25) is 0 Å². The van der Waals surface area contributed by atoms with Gasteiger partial charge >= 0.3 is 0 Å². The summed E-state index contributed by atoms with van der Waals surface area (Å²) in [4.78, 5) is 4.43. The normalized spacial score (nSPS) is 36.3. The summed E-state index contributed by atoms with van der Waals surface area (Å²) in [6, 6.07) is 0.688. The Morgan fingerprint density at radius 2 is 2.28 bits per heavy atom. The second-order valence-corrected chi connectivity index (χ2v) is 6.09. The lowest BCUT2D eigenvalue weighted by Gasteiger charge is -2.24. The third-order valence-corrected chi connectivity index (χ3v) is 5.24. The van der Waals surface area contributed by atoms with Gasteiger partial charge in [-0.15, -0.1) is 0 Å². The van der Waals surface area contributed by atoms with E-state index in [0.717, 1.165) is 24.9 Å². The molecule has 2 aliphatic rings. The molecule has 4 unspecified atom stereocenters. The van der Waals surface area contributed by atoms with Gasteiger partial charge in [-0.05, 0) is 37.6 Å². The molecule has 1 aliphatic carbocycles. The lowest BCUT2D eigenvalue weighted by atomic mass is 9.93. The van der Waals surface area contributed by atoms with Gasteiger partial charge in [0.25, 0.3) is 0 Å². The van der Waals surface area contributed by atoms with Gasteiger partial charge in [-0.1, -0.05) is 20.3 Å². The van der Waals surface area contributed by atoms with Crippen LogP contribution in [0.2, 0.25) is 0 Å². The smallest absolute Gasteiger partial charge is 0.0950 e. The number of rotatable bonds is 3. The van der Waals surface area contributed by atoms with Crippen LogP contribution in [-0.4, -0.2) is 22.6 Å². The van der Waals surface area contributed by atoms with Crippen molar-refractivity contribution < 1.29 is 0 Å². The molecule has 0 aromatic carbocycles. The Balaban J connectivity index is 1.82. The molecule has 0 bridgehead atoms. The highest BCUT2D eigenvalue weighted by Crippen LogP contribution is 2.43. The maximum absolute atomic E-state index is 4.43. The Kier molecular flexibility index (Phi) is 3.42. The molecule has 3 nitrogen and oxygen atoms in total. The van der Waals surface area contributed by atoms with Crippen LogP contribution >= 0.6 is 0 Å². The standard InChI is InChI=1S/C15H25N3/c1-3-12-4-5-14(11(12)2)18-10-17-9-15(18)13-6-7-16-8-13/h9-14,16H,3-8H2,1-2H3. The molecule has 2 heterocycles. The third kappa shape index (κ3) is 1.99. The van der Waals surface area contributed by atoms with Crippen LogP contribution in [0.25, 0.3) is 0 Å². The van der Waals surface area contributed by atoms with Crippen molar-refractivity contribution in [2.24, 2.45) is 11.8 Å². The zero-order chi connectivity index (χ0) is 12.5. The molecule has 0 spiro atoms. The van der Waals surface area contributed by atoms with Gasteiger partial charge in [0.05, 0.1) is 6.33 Å². The maximum Gasteiger partial charge on any atom is 0.0950 e. The minimum atomic E-state index is 0.681. The molecule has 1 saturated heterocycles. The molecular formula is C15H25N3. The Hall–Kier alpha value is -0.830. The van der Waals surface area contributed by atoms with Crippen LogP contribution < -0.4 is 5.32 Å². The van der Waals surface area contributed by atoms with Crippen molar-refractivity contribution in [3.63, 3.8) is 0 Å². The highest BCUT2D eigenvalue weighted by molar-refractivity contribution is 5.11. The van der Waals surface area contributed by atoms with Crippen molar-refractivity contribution in [3.8, 4) is 0 Å². The first-order valence-corrected chi connectivity index (χ1v) is 7.53. The summed E-state index contributed by atoms with van der Waals surface area (Å²) < 4.78 is 2.50. The predicted molar refractivity (Wildman–Crippen MR) is 73.7 cm³/mol. The maximum atomic E-state index is 4.43. The Morgan fingerprint density at radius 1 is 1.39 bits per heavy atom. The monoisotopic (exact) mass is 247 g/mol. The quantitative estimate of drug-likeness (QED) is 0.890. The minimum absolute atomic E-state index is 0.681. The van der Waals surface area contributed by atoms with Gasteiger partial charge in [-0.3, -0.25) is 0 Å². The van der Waals surface area contributed by atoms with Crippen molar-refractivity contribution in [2.75, 3.05) is 13.1 Å². The van der Waals surface area contributed by atoms with E-state index in [1.165, 1.54) is 31.4 Å². The number of hydrogen-bond acceptors (Lipinski definition) is 2. The molecular weight excluding hydrogens is 222 g/mol. The molecule has 2 fully saturated rings. The highest BCUT2D eigenvalue weighted by Gasteiger charge is 2.34. The van der Waals surface area contributed by atoms with Gasteiger partial charge in [-0.2, -0.15) is 0 Å². The van der Waals surface area contributed by atoms with Crippen LogP contribution in [0.4, 0.5) is 0 Å². The Labute approximate surface area is 110 Å². The SMILES string of the molecule is CCC1CCC(n2cncc2C2CCNC2)C1C. The second-order valence-electron chi connectivity index (χ2n) is 6.09. The Morgan fingerprint density at radius 3 is 2.94 bits per heavy atom. The minimum Gasteiger partial charge on any atom is -0.331 e. The number of nitrogens with zero attached hydrogens (tertiary/aromatic N) is 2. The van der Waals surface area contributed by atoms with E-state index in [1.807, 2.05) is 0 Å². The molecule has 1 N–H and O–H groups in total. The first-order valence-electron chi connectivity index (χ1n) is 7.53. The number of nitrogens with one attached hydrogen (secondary N) is 1. The molecule has 4 atom stereocenters. The largest absolute Gasteiger partial charge is 0.331 e. The van der Waals surface area contributed by atoms with Gasteiger partial charge in [0.15, 0.2) is 0 Å². The van der Waals surface area contributed by atoms with Gasteiger partial charge < -0.3 is 9.88 Å². The molecule has 0 amide bonds. The van der Waals surface area contributed by atoms with E-state index in [2.05, 4.69) is 41.2 Å². The first kappa shape index (κ1) is 12.2. The summed E-state index contributed by atoms with van der Waals surface area (Å²) in [7, 11) is 0. The van der Waals surface area contributed by atoms with E-state index in [9.17, 15) is 0 Å². The zero-order valence-electron chi connectivity index (χ0n) is 11.6. The van der Waals surface area contributed by atoms with E-state index >= 15 is 0 Å². The highest BCUT2D eigenvalue weighted by atomic mass is 15.1. The summed E-state index contributed by atoms with van der Waals surface area (Å²) in [5.74, 6) is 2.39. The molecule has 3 rings (SSSR count). The fraction of sp³-hybridized carbons (Fsp3) is 0.800. The summed E-state index contributed by atoms with van der Waals surface area (Å²) in [5.41, 5.74) is 1.47. The Bertz CT molecular complexity index is 392. The number of imidazole rings is 1. The van der Waals surface area contributed by atoms with E-state index in [4.69, 9.17) is 0 Å². The van der Waals surface area contributed by atoms with Gasteiger partial charge in [0.1, 0.15) is 0 Å². The predicted octanol–water partition coefficient (Wildman–Crippen LogP) is 2.96. The van der Waals surface area contributed by atoms with Crippen molar-refractivity contribution >= 4 is 0 Å². The third-order valence-electron chi connectivity index (χ3n) is 5.24. The van der Waals surface area contributed by atoms with Crippen LogP contribution in [0.5, 0.6) is 0 Å². The van der Waals surface area contributed by atoms with Crippen LogP contribution in [0, 0.1) is 11.8 Å². The molecule has 1 aliphatic heterocycles. The summed E-state index contributed by atoms with van der Waals surface area (Å²) in [6.45, 7) is 7.05. The van der Waals surface area contributed by atoms with E-state index < -0.39 is 0 Å². The van der Waals surface area contributed by atoms with Crippen LogP contribution in [0.15, 0.2) is 12.5 Å². The fourth-order valence-corrected chi connectivity index (χ4v) is 4.01. The number of hydrogen-bond donors (Lipinski definition) is 1.